The fourth-order valence-electron chi connectivity index (χ4n) is 3.19. The number of halogens is 6. The Morgan fingerprint density at radius 2 is 1.81 bits per heavy atom. The molecule has 0 saturated carbocycles. The number of benzene rings is 2. The second kappa shape index (κ2) is 10.4. The molecule has 1 aliphatic rings. The van der Waals surface area contributed by atoms with Gasteiger partial charge in [0.25, 0.3) is 0 Å². The van der Waals surface area contributed by atoms with Gasteiger partial charge in [-0.25, -0.2) is 0 Å². The van der Waals surface area contributed by atoms with Crippen molar-refractivity contribution in [1.82, 2.24) is 4.90 Å². The third-order valence-corrected chi connectivity index (χ3v) is 5.74. The molecule has 1 heterocycles. The lowest BCUT2D eigenvalue weighted by Crippen LogP contribution is -2.39. The molecule has 2 aromatic carbocycles. The quantitative estimate of drug-likeness (QED) is 0.433. The molecule has 0 radical (unpaired) electrons. The highest BCUT2D eigenvalue weighted by Gasteiger charge is 2.32. The molecule has 0 spiro atoms. The maximum absolute atomic E-state index is 12.8. The van der Waals surface area contributed by atoms with Gasteiger partial charge in [-0.3, -0.25) is 9.69 Å². The molecule has 1 fully saturated rings. The normalized spacial score (nSPS) is 17.5. The first-order valence-corrected chi connectivity index (χ1v) is 10.6. The van der Waals surface area contributed by atoms with E-state index in [1.165, 1.54) is 0 Å². The zero-order valence-corrected chi connectivity index (χ0v) is 18.5. The topological polar surface area (TPSA) is 38.8 Å². The van der Waals surface area contributed by atoms with Crippen molar-refractivity contribution >= 4 is 40.0 Å². The first-order chi connectivity index (χ1) is 14.6. The Labute approximate surface area is 192 Å². The van der Waals surface area contributed by atoms with Crippen molar-refractivity contribution in [2.45, 2.75) is 25.3 Å². The van der Waals surface area contributed by atoms with E-state index >= 15 is 0 Å². The summed E-state index contributed by atoms with van der Waals surface area (Å²) in [6.45, 7) is 2.43. The summed E-state index contributed by atoms with van der Waals surface area (Å²) in [6.07, 6.45) is -4.39. The number of hydrogen-bond acceptors (Lipinski definition) is 4. The van der Waals surface area contributed by atoms with Crippen LogP contribution in [0.1, 0.15) is 29.2 Å². The van der Waals surface area contributed by atoms with E-state index in [4.69, 9.17) is 44.3 Å². The van der Waals surface area contributed by atoms with Crippen molar-refractivity contribution in [3.63, 3.8) is 0 Å². The summed E-state index contributed by atoms with van der Waals surface area (Å²) >= 11 is 17.4. The van der Waals surface area contributed by atoms with E-state index in [9.17, 15) is 18.0 Å². The maximum atomic E-state index is 12.8. The van der Waals surface area contributed by atoms with Crippen molar-refractivity contribution in [3.05, 3.63) is 63.1 Å². The zero-order chi connectivity index (χ0) is 22.6. The first-order valence-electron chi connectivity index (χ1n) is 9.43. The van der Waals surface area contributed by atoms with Gasteiger partial charge >= 0.3 is 6.18 Å². The second-order valence-electron chi connectivity index (χ2n) is 7.04. The van der Waals surface area contributed by atoms with Crippen molar-refractivity contribution in [1.29, 1.82) is 0 Å². The molecular formula is C21H19Cl3F3NO3. The fourth-order valence-corrected chi connectivity index (χ4v) is 3.87. The molecule has 168 valence electrons. The number of carbonyl (C=O) groups is 1. The van der Waals surface area contributed by atoms with Crippen LogP contribution >= 0.6 is 34.8 Å². The van der Waals surface area contributed by atoms with E-state index in [2.05, 4.69) is 4.90 Å². The van der Waals surface area contributed by atoms with Crippen molar-refractivity contribution in [2.75, 3.05) is 26.2 Å². The number of nitrogens with zero attached hydrogens (tertiary/aromatic N) is 1. The van der Waals surface area contributed by atoms with Gasteiger partial charge in [-0.1, -0.05) is 35.3 Å². The summed E-state index contributed by atoms with van der Waals surface area (Å²) in [4.78, 5) is 13.1. The third kappa shape index (κ3) is 6.73. The number of alkyl halides is 3. The van der Waals surface area contributed by atoms with Gasteiger partial charge in [0.15, 0.2) is 0 Å². The standard InChI is InChI=1S/C21H19Cl3F3NO3/c22-17-9-14(21(25,26)27)10-18(23)16(17)12-31-15-3-1-13(2-4-15)19-11-28(7-8-30-19)6-5-20(24)29/h1-4,9-10,19H,5-8,11-12H2. The first kappa shape index (κ1) is 24.1. The van der Waals surface area contributed by atoms with Crippen molar-refractivity contribution < 1.29 is 27.4 Å². The molecule has 3 rings (SSSR count). The molecule has 1 unspecified atom stereocenters. The molecule has 10 heteroatoms. The number of rotatable bonds is 7. The molecular weight excluding hydrogens is 478 g/mol. The van der Waals surface area contributed by atoms with Gasteiger partial charge in [-0.05, 0) is 41.4 Å². The monoisotopic (exact) mass is 495 g/mol. The van der Waals surface area contributed by atoms with E-state index in [-0.39, 0.29) is 40.0 Å². The highest BCUT2D eigenvalue weighted by molar-refractivity contribution is 6.63. The lowest BCUT2D eigenvalue weighted by molar-refractivity contribution is -0.137. The van der Waals surface area contributed by atoms with Gasteiger partial charge in [0.1, 0.15) is 12.4 Å². The Morgan fingerprint density at radius 1 is 1.16 bits per heavy atom. The summed E-state index contributed by atoms with van der Waals surface area (Å²) in [6, 6.07) is 8.86. The fraction of sp³-hybridized carbons (Fsp3) is 0.381. The van der Waals surface area contributed by atoms with Crippen molar-refractivity contribution in [3.8, 4) is 5.75 Å². The maximum Gasteiger partial charge on any atom is 0.416 e. The number of hydrogen-bond donors (Lipinski definition) is 0. The van der Waals surface area contributed by atoms with E-state index in [1.54, 1.807) is 12.1 Å². The molecule has 0 bridgehead atoms. The van der Waals surface area contributed by atoms with Crippen LogP contribution in [0.2, 0.25) is 10.0 Å². The average molecular weight is 497 g/mol. The minimum atomic E-state index is -4.53. The molecule has 0 aromatic heterocycles. The summed E-state index contributed by atoms with van der Waals surface area (Å²) < 4.78 is 50.0. The Balaban J connectivity index is 1.61. The van der Waals surface area contributed by atoms with E-state index in [0.29, 0.717) is 25.4 Å². The zero-order valence-electron chi connectivity index (χ0n) is 16.2. The summed E-state index contributed by atoms with van der Waals surface area (Å²) in [7, 11) is 0. The predicted molar refractivity (Wildman–Crippen MR) is 113 cm³/mol. The van der Waals surface area contributed by atoms with Crippen LogP contribution in [0.3, 0.4) is 0 Å². The van der Waals surface area contributed by atoms with Gasteiger partial charge in [-0.2, -0.15) is 13.2 Å². The van der Waals surface area contributed by atoms with Crippen LogP contribution in [0.15, 0.2) is 36.4 Å². The second-order valence-corrected chi connectivity index (χ2v) is 8.28. The number of carbonyl (C=O) groups excluding carboxylic acids is 1. The molecule has 0 N–H and O–H groups in total. The Bertz CT molecular complexity index is 899. The molecule has 0 amide bonds. The van der Waals surface area contributed by atoms with Gasteiger partial charge in [0.05, 0.1) is 18.3 Å². The summed E-state index contributed by atoms with van der Waals surface area (Å²) in [5.74, 6) is 0.510. The predicted octanol–water partition coefficient (Wildman–Crippen LogP) is 6.12. The Hall–Kier alpha value is -1.51. The summed E-state index contributed by atoms with van der Waals surface area (Å²) in [5, 5.41) is -0.581. The molecule has 0 aliphatic carbocycles. The van der Waals surface area contributed by atoms with E-state index in [0.717, 1.165) is 24.2 Å². The van der Waals surface area contributed by atoms with Crippen molar-refractivity contribution in [2.24, 2.45) is 0 Å². The number of morpholine rings is 1. The Morgan fingerprint density at radius 3 is 2.39 bits per heavy atom. The van der Waals surface area contributed by atoms with E-state index < -0.39 is 11.7 Å². The van der Waals surface area contributed by atoms with Crippen LogP contribution in [-0.4, -0.2) is 36.4 Å². The molecule has 2 aromatic rings. The molecule has 1 saturated heterocycles. The largest absolute Gasteiger partial charge is 0.489 e. The lowest BCUT2D eigenvalue weighted by Gasteiger charge is -2.32. The van der Waals surface area contributed by atoms with Crippen LogP contribution in [0, 0.1) is 0 Å². The highest BCUT2D eigenvalue weighted by Crippen LogP contribution is 2.36. The van der Waals surface area contributed by atoms with Gasteiger partial charge in [0.2, 0.25) is 5.24 Å². The molecule has 4 nitrogen and oxygen atoms in total. The van der Waals surface area contributed by atoms with Gasteiger partial charge in [0, 0.05) is 41.7 Å². The van der Waals surface area contributed by atoms with Crippen LogP contribution in [0.4, 0.5) is 13.2 Å². The van der Waals surface area contributed by atoms with Gasteiger partial charge < -0.3 is 9.47 Å². The lowest BCUT2D eigenvalue weighted by atomic mass is 10.1. The molecule has 31 heavy (non-hydrogen) atoms. The van der Waals surface area contributed by atoms with Crippen LogP contribution in [-0.2, 0) is 22.3 Å². The summed E-state index contributed by atoms with van der Waals surface area (Å²) in [5.41, 5.74) is 0.313. The van der Waals surface area contributed by atoms with Gasteiger partial charge in [-0.15, -0.1) is 0 Å². The third-order valence-electron chi connectivity index (χ3n) is 4.88. The van der Waals surface area contributed by atoms with Crippen LogP contribution in [0.25, 0.3) is 0 Å². The SMILES string of the molecule is O=C(Cl)CCN1CCOC(c2ccc(OCc3c(Cl)cc(C(F)(F)F)cc3Cl)cc2)C1. The smallest absolute Gasteiger partial charge is 0.416 e. The minimum absolute atomic E-state index is 0.0741. The average Bonchev–Trinajstić information content (AvgIpc) is 2.71. The van der Waals surface area contributed by atoms with Crippen LogP contribution < -0.4 is 4.74 Å². The highest BCUT2D eigenvalue weighted by atomic mass is 35.5. The number of ether oxygens (including phenoxy) is 2. The Kier molecular flexibility index (Phi) is 8.10. The molecule has 1 aliphatic heterocycles. The molecule has 1 atom stereocenters. The van der Waals surface area contributed by atoms with E-state index in [1.807, 2.05) is 12.1 Å². The minimum Gasteiger partial charge on any atom is -0.489 e. The van der Waals surface area contributed by atoms with Crippen LogP contribution in [0.5, 0.6) is 5.75 Å².